The van der Waals surface area contributed by atoms with Crippen molar-refractivity contribution < 1.29 is 13.2 Å². The van der Waals surface area contributed by atoms with Crippen LogP contribution >= 0.6 is 0 Å². The van der Waals surface area contributed by atoms with Crippen LogP contribution in [0, 0.1) is 0 Å². The minimum atomic E-state index is -3.04. The first-order valence-corrected chi connectivity index (χ1v) is 10.3. The van der Waals surface area contributed by atoms with Gasteiger partial charge >= 0.3 is 0 Å². The molecule has 0 aliphatic carbocycles. The summed E-state index contributed by atoms with van der Waals surface area (Å²) in [6, 6.07) is 13.3. The predicted octanol–water partition coefficient (Wildman–Crippen LogP) is 2.23. The van der Waals surface area contributed by atoms with Gasteiger partial charge in [0.1, 0.15) is 0 Å². The van der Waals surface area contributed by atoms with Crippen LogP contribution in [-0.2, 0) is 27.6 Å². The maximum Gasteiger partial charge on any atom is 0.223 e. The summed E-state index contributed by atoms with van der Waals surface area (Å²) in [5.41, 5.74) is 2.08. The fraction of sp³-hybridized carbons (Fsp3) is 0.368. The summed E-state index contributed by atoms with van der Waals surface area (Å²) >= 11 is 0. The molecule has 2 heterocycles. The van der Waals surface area contributed by atoms with Gasteiger partial charge in [0, 0.05) is 31.4 Å². The number of aromatic nitrogens is 1. The highest BCUT2D eigenvalue weighted by molar-refractivity contribution is 7.91. The first-order valence-electron chi connectivity index (χ1n) is 8.46. The van der Waals surface area contributed by atoms with E-state index in [4.69, 9.17) is 0 Å². The van der Waals surface area contributed by atoms with Gasteiger partial charge < -0.3 is 4.90 Å². The predicted molar refractivity (Wildman–Crippen MR) is 96.6 cm³/mol. The molecule has 1 fully saturated rings. The largest absolute Gasteiger partial charge is 0.334 e. The highest BCUT2D eigenvalue weighted by atomic mass is 32.2. The van der Waals surface area contributed by atoms with Crippen LogP contribution in [0.5, 0.6) is 0 Å². The van der Waals surface area contributed by atoms with Gasteiger partial charge in [-0.2, -0.15) is 0 Å². The molecule has 25 heavy (non-hydrogen) atoms. The molecule has 1 aliphatic heterocycles. The molecule has 0 unspecified atom stereocenters. The summed E-state index contributed by atoms with van der Waals surface area (Å²) in [5, 5.41) is 0. The molecule has 0 radical (unpaired) electrons. The van der Waals surface area contributed by atoms with Crippen molar-refractivity contribution in [1.82, 2.24) is 9.88 Å². The second kappa shape index (κ2) is 7.78. The van der Waals surface area contributed by atoms with Crippen molar-refractivity contribution in [2.75, 3.05) is 11.5 Å². The van der Waals surface area contributed by atoms with Gasteiger partial charge in [-0.3, -0.25) is 9.78 Å². The number of hydrogen-bond donors (Lipinski definition) is 0. The number of nitrogens with zero attached hydrogens (tertiary/aromatic N) is 2. The Morgan fingerprint density at radius 1 is 1.08 bits per heavy atom. The van der Waals surface area contributed by atoms with E-state index in [0.717, 1.165) is 11.1 Å². The minimum absolute atomic E-state index is 0.00256. The maximum absolute atomic E-state index is 12.8. The molecular weight excluding hydrogens is 336 g/mol. The Morgan fingerprint density at radius 3 is 2.44 bits per heavy atom. The van der Waals surface area contributed by atoms with Crippen molar-refractivity contribution in [2.24, 2.45) is 0 Å². The van der Waals surface area contributed by atoms with E-state index in [1.54, 1.807) is 17.3 Å². The number of carbonyl (C=O) groups excluding carboxylic acids is 1. The maximum atomic E-state index is 12.8. The van der Waals surface area contributed by atoms with Crippen LogP contribution in [0.4, 0.5) is 0 Å². The number of aryl methyl sites for hydroxylation is 1. The summed E-state index contributed by atoms with van der Waals surface area (Å²) in [5.74, 6) is 0.240. The van der Waals surface area contributed by atoms with E-state index in [-0.39, 0.29) is 23.5 Å². The van der Waals surface area contributed by atoms with E-state index in [9.17, 15) is 13.2 Å². The number of pyridine rings is 1. The standard InChI is InChI=1S/C19H22N2O3S/c22-19(7-6-16-8-11-20-12-9-16)21(14-17-4-2-1-3-5-17)18-10-13-25(23,24)15-18/h1-5,8-9,11-12,18H,6-7,10,13-15H2/t18-/m0/s1. The molecule has 2 aromatic rings. The SMILES string of the molecule is O=C(CCc1ccncc1)N(Cc1ccccc1)[C@H]1CCS(=O)(=O)C1. The highest BCUT2D eigenvalue weighted by Gasteiger charge is 2.34. The molecule has 1 aromatic heterocycles. The number of carbonyl (C=O) groups is 1. The van der Waals surface area contributed by atoms with Crippen LogP contribution in [0.2, 0.25) is 0 Å². The molecule has 5 nitrogen and oxygen atoms in total. The lowest BCUT2D eigenvalue weighted by atomic mass is 10.1. The van der Waals surface area contributed by atoms with Crippen LogP contribution in [0.1, 0.15) is 24.0 Å². The third-order valence-electron chi connectivity index (χ3n) is 4.54. The monoisotopic (exact) mass is 358 g/mol. The Labute approximate surface area is 148 Å². The molecule has 1 saturated heterocycles. The fourth-order valence-electron chi connectivity index (χ4n) is 3.17. The smallest absolute Gasteiger partial charge is 0.223 e. The van der Waals surface area contributed by atoms with Crippen LogP contribution < -0.4 is 0 Å². The van der Waals surface area contributed by atoms with Gasteiger partial charge in [0.05, 0.1) is 11.5 Å². The van der Waals surface area contributed by atoms with E-state index in [0.29, 0.717) is 25.8 Å². The minimum Gasteiger partial charge on any atom is -0.334 e. The number of benzene rings is 1. The van der Waals surface area contributed by atoms with E-state index in [2.05, 4.69) is 4.98 Å². The van der Waals surface area contributed by atoms with Crippen molar-refractivity contribution in [3.8, 4) is 0 Å². The molecule has 1 amide bonds. The summed E-state index contributed by atoms with van der Waals surface area (Å²) < 4.78 is 23.7. The molecule has 1 aliphatic rings. The molecule has 1 aromatic carbocycles. The quantitative estimate of drug-likeness (QED) is 0.794. The Bertz CT molecular complexity index is 807. The molecule has 0 N–H and O–H groups in total. The van der Waals surface area contributed by atoms with Gasteiger partial charge in [-0.15, -0.1) is 0 Å². The lowest BCUT2D eigenvalue weighted by Crippen LogP contribution is -2.40. The molecule has 0 bridgehead atoms. The average molecular weight is 358 g/mol. The van der Waals surface area contributed by atoms with Gasteiger partial charge in [0.15, 0.2) is 9.84 Å². The zero-order valence-corrected chi connectivity index (χ0v) is 14.9. The molecule has 132 valence electrons. The first kappa shape index (κ1) is 17.6. The highest BCUT2D eigenvalue weighted by Crippen LogP contribution is 2.21. The van der Waals surface area contributed by atoms with Crippen molar-refractivity contribution in [3.05, 3.63) is 66.0 Å². The molecule has 1 atom stereocenters. The van der Waals surface area contributed by atoms with Gasteiger partial charge in [-0.05, 0) is 36.1 Å². The third-order valence-corrected chi connectivity index (χ3v) is 6.29. The van der Waals surface area contributed by atoms with Crippen LogP contribution in [0.25, 0.3) is 0 Å². The van der Waals surface area contributed by atoms with Crippen molar-refractivity contribution in [3.63, 3.8) is 0 Å². The molecular formula is C19H22N2O3S. The number of rotatable bonds is 6. The second-order valence-electron chi connectivity index (χ2n) is 6.42. The molecule has 0 saturated carbocycles. The Morgan fingerprint density at radius 2 is 1.80 bits per heavy atom. The Hall–Kier alpha value is -2.21. The molecule has 3 rings (SSSR count). The second-order valence-corrected chi connectivity index (χ2v) is 8.65. The fourth-order valence-corrected chi connectivity index (χ4v) is 4.90. The van der Waals surface area contributed by atoms with Crippen LogP contribution in [-0.4, -0.2) is 41.8 Å². The van der Waals surface area contributed by atoms with Gasteiger partial charge in [0.25, 0.3) is 0 Å². The molecule has 6 heteroatoms. The summed E-state index contributed by atoms with van der Waals surface area (Å²) in [7, 11) is -3.04. The zero-order chi connectivity index (χ0) is 17.7. The zero-order valence-electron chi connectivity index (χ0n) is 14.0. The Balaban J connectivity index is 1.72. The summed E-state index contributed by atoms with van der Waals surface area (Å²) in [6.07, 6.45) is 4.95. The molecule has 0 spiro atoms. The number of hydrogen-bond acceptors (Lipinski definition) is 4. The normalized spacial score (nSPS) is 18.8. The average Bonchev–Trinajstić information content (AvgIpc) is 2.99. The summed E-state index contributed by atoms with van der Waals surface area (Å²) in [6.45, 7) is 0.455. The van der Waals surface area contributed by atoms with Crippen molar-refractivity contribution in [1.29, 1.82) is 0 Å². The third kappa shape index (κ3) is 4.89. The lowest BCUT2D eigenvalue weighted by molar-refractivity contribution is -0.133. The number of sulfone groups is 1. The van der Waals surface area contributed by atoms with Crippen LogP contribution in [0.15, 0.2) is 54.9 Å². The van der Waals surface area contributed by atoms with Gasteiger partial charge in [0.2, 0.25) is 5.91 Å². The van der Waals surface area contributed by atoms with E-state index in [1.807, 2.05) is 42.5 Å². The Kier molecular flexibility index (Phi) is 5.48. The van der Waals surface area contributed by atoms with E-state index in [1.165, 1.54) is 0 Å². The van der Waals surface area contributed by atoms with Crippen molar-refractivity contribution >= 4 is 15.7 Å². The topological polar surface area (TPSA) is 67.3 Å². The lowest BCUT2D eigenvalue weighted by Gasteiger charge is -2.28. The summed E-state index contributed by atoms with van der Waals surface area (Å²) in [4.78, 5) is 18.6. The van der Waals surface area contributed by atoms with E-state index < -0.39 is 9.84 Å². The van der Waals surface area contributed by atoms with E-state index >= 15 is 0 Å². The van der Waals surface area contributed by atoms with Gasteiger partial charge in [-0.25, -0.2) is 8.42 Å². The van der Waals surface area contributed by atoms with Gasteiger partial charge in [-0.1, -0.05) is 30.3 Å². The first-order chi connectivity index (χ1) is 12.0. The number of amides is 1. The van der Waals surface area contributed by atoms with Crippen molar-refractivity contribution in [2.45, 2.75) is 31.8 Å². The van der Waals surface area contributed by atoms with Crippen LogP contribution in [0.3, 0.4) is 0 Å².